The third kappa shape index (κ3) is 9.19. The molecule has 0 unspecified atom stereocenters. The summed E-state index contributed by atoms with van der Waals surface area (Å²) < 4.78 is 16.8. The van der Waals surface area contributed by atoms with E-state index < -0.39 is 0 Å². The van der Waals surface area contributed by atoms with Crippen LogP contribution in [0.15, 0.2) is 27.8 Å². The Labute approximate surface area is 175 Å². The number of morpholine rings is 1. The van der Waals surface area contributed by atoms with Crippen LogP contribution in [0.2, 0.25) is 0 Å². The smallest absolute Gasteiger partial charge is 0.191 e. The summed E-state index contributed by atoms with van der Waals surface area (Å²) in [5.74, 6) is 1.87. The molecular formula is C22H38N4O3. The number of guanidine groups is 1. The molecule has 1 aliphatic heterocycles. The van der Waals surface area contributed by atoms with E-state index in [2.05, 4.69) is 15.5 Å². The van der Waals surface area contributed by atoms with Gasteiger partial charge in [0.25, 0.3) is 0 Å². The lowest BCUT2D eigenvalue weighted by Crippen LogP contribution is -2.44. The lowest BCUT2D eigenvalue weighted by atomic mass is 9.98. The van der Waals surface area contributed by atoms with Crippen molar-refractivity contribution in [3.63, 3.8) is 0 Å². The van der Waals surface area contributed by atoms with Crippen molar-refractivity contribution < 1.29 is 13.9 Å². The number of furan rings is 1. The van der Waals surface area contributed by atoms with Crippen LogP contribution in [-0.2, 0) is 15.9 Å². The van der Waals surface area contributed by atoms with E-state index >= 15 is 0 Å². The molecule has 2 aliphatic rings. The number of hydrogen-bond donors (Lipinski definition) is 2. The summed E-state index contributed by atoms with van der Waals surface area (Å²) in [5, 5.41) is 6.90. The molecule has 1 saturated heterocycles. The van der Waals surface area contributed by atoms with Crippen molar-refractivity contribution in [3.8, 4) is 0 Å². The largest absolute Gasteiger partial charge is 0.469 e. The Bertz CT molecular complexity index is 552. The molecule has 0 aromatic carbocycles. The molecule has 7 heteroatoms. The van der Waals surface area contributed by atoms with E-state index in [1.807, 2.05) is 12.1 Å². The summed E-state index contributed by atoms with van der Waals surface area (Å²) >= 11 is 0. The van der Waals surface area contributed by atoms with Gasteiger partial charge in [-0.05, 0) is 31.4 Å². The first-order chi connectivity index (χ1) is 14.4. The Balaban J connectivity index is 1.35. The Morgan fingerprint density at radius 3 is 2.76 bits per heavy atom. The molecule has 0 radical (unpaired) electrons. The fraction of sp³-hybridized carbons (Fsp3) is 0.773. The average molecular weight is 407 g/mol. The normalized spacial score (nSPS) is 19.4. The third-order valence-corrected chi connectivity index (χ3v) is 5.55. The molecule has 0 spiro atoms. The second-order valence-corrected chi connectivity index (χ2v) is 7.85. The third-order valence-electron chi connectivity index (χ3n) is 5.55. The second kappa shape index (κ2) is 13.6. The standard InChI is InChI=1S/C22H38N4O3/c1-2-6-20(7-3-1)29-17-5-10-23-22(24-11-9-21-8-4-16-28-21)25-12-13-26-14-18-27-19-15-26/h4,8,16,20H,1-3,5-7,9-15,17-19H2,(H2,23,24,25). The van der Waals surface area contributed by atoms with Gasteiger partial charge in [-0.25, -0.2) is 0 Å². The van der Waals surface area contributed by atoms with Crippen LogP contribution < -0.4 is 10.6 Å². The van der Waals surface area contributed by atoms with E-state index in [0.29, 0.717) is 6.10 Å². The van der Waals surface area contributed by atoms with Crippen LogP contribution in [0.3, 0.4) is 0 Å². The molecule has 164 valence electrons. The van der Waals surface area contributed by atoms with Crippen molar-refractivity contribution in [2.45, 2.75) is 51.0 Å². The molecule has 0 amide bonds. The Hall–Kier alpha value is -1.57. The molecule has 2 N–H and O–H groups in total. The highest BCUT2D eigenvalue weighted by Gasteiger charge is 2.13. The van der Waals surface area contributed by atoms with Crippen molar-refractivity contribution in [1.29, 1.82) is 0 Å². The summed E-state index contributed by atoms with van der Waals surface area (Å²) in [6, 6.07) is 3.93. The monoisotopic (exact) mass is 406 g/mol. The number of nitrogens with zero attached hydrogens (tertiary/aromatic N) is 2. The average Bonchev–Trinajstić information content (AvgIpc) is 3.28. The van der Waals surface area contributed by atoms with Gasteiger partial charge in [0.05, 0.1) is 25.6 Å². The fourth-order valence-corrected chi connectivity index (χ4v) is 3.83. The van der Waals surface area contributed by atoms with E-state index in [-0.39, 0.29) is 0 Å². The van der Waals surface area contributed by atoms with Gasteiger partial charge in [-0.2, -0.15) is 0 Å². The maximum absolute atomic E-state index is 6.01. The highest BCUT2D eigenvalue weighted by molar-refractivity contribution is 5.79. The van der Waals surface area contributed by atoms with Gasteiger partial charge in [-0.15, -0.1) is 0 Å². The molecule has 0 bridgehead atoms. The summed E-state index contributed by atoms with van der Waals surface area (Å²) in [6.45, 7) is 7.97. The molecule has 1 aromatic heterocycles. The van der Waals surface area contributed by atoms with Gasteiger partial charge in [-0.1, -0.05) is 19.3 Å². The Morgan fingerprint density at radius 2 is 1.97 bits per heavy atom. The maximum Gasteiger partial charge on any atom is 0.191 e. The molecular weight excluding hydrogens is 368 g/mol. The van der Waals surface area contributed by atoms with Crippen molar-refractivity contribution in [2.24, 2.45) is 4.99 Å². The summed E-state index contributed by atoms with van der Waals surface area (Å²) in [7, 11) is 0. The number of ether oxygens (including phenoxy) is 2. The molecule has 7 nitrogen and oxygen atoms in total. The molecule has 1 aliphatic carbocycles. The van der Waals surface area contributed by atoms with Crippen LogP contribution >= 0.6 is 0 Å². The zero-order chi connectivity index (χ0) is 20.0. The van der Waals surface area contributed by atoms with Crippen LogP contribution in [0, 0.1) is 0 Å². The molecule has 1 aromatic rings. The van der Waals surface area contributed by atoms with Gasteiger partial charge >= 0.3 is 0 Å². The van der Waals surface area contributed by atoms with Crippen molar-refractivity contribution in [1.82, 2.24) is 15.5 Å². The molecule has 1 saturated carbocycles. The van der Waals surface area contributed by atoms with Gasteiger partial charge in [0.2, 0.25) is 0 Å². The van der Waals surface area contributed by atoms with E-state index in [1.54, 1.807) is 6.26 Å². The Morgan fingerprint density at radius 1 is 1.14 bits per heavy atom. The van der Waals surface area contributed by atoms with E-state index in [4.69, 9.17) is 18.9 Å². The van der Waals surface area contributed by atoms with Crippen LogP contribution in [0.5, 0.6) is 0 Å². The van der Waals surface area contributed by atoms with E-state index in [1.165, 1.54) is 32.1 Å². The van der Waals surface area contributed by atoms with Crippen LogP contribution in [0.1, 0.15) is 44.3 Å². The maximum atomic E-state index is 6.01. The number of aliphatic imine (C=N–C) groups is 1. The summed E-state index contributed by atoms with van der Waals surface area (Å²) in [4.78, 5) is 7.17. The second-order valence-electron chi connectivity index (χ2n) is 7.85. The number of rotatable bonds is 11. The minimum absolute atomic E-state index is 0.477. The minimum Gasteiger partial charge on any atom is -0.469 e. The van der Waals surface area contributed by atoms with Crippen LogP contribution in [-0.4, -0.2) is 76.1 Å². The molecule has 2 fully saturated rings. The lowest BCUT2D eigenvalue weighted by Gasteiger charge is -2.26. The minimum atomic E-state index is 0.477. The summed E-state index contributed by atoms with van der Waals surface area (Å²) in [6.07, 6.45) is 10.5. The van der Waals surface area contributed by atoms with Gasteiger partial charge < -0.3 is 24.5 Å². The lowest BCUT2D eigenvalue weighted by molar-refractivity contribution is 0.0281. The highest BCUT2D eigenvalue weighted by atomic mass is 16.5. The number of hydrogen-bond acceptors (Lipinski definition) is 5. The van der Waals surface area contributed by atoms with Gasteiger partial charge in [0.1, 0.15) is 5.76 Å². The van der Waals surface area contributed by atoms with E-state index in [0.717, 1.165) is 83.7 Å². The first-order valence-electron chi connectivity index (χ1n) is 11.4. The van der Waals surface area contributed by atoms with E-state index in [9.17, 15) is 0 Å². The van der Waals surface area contributed by atoms with Crippen LogP contribution in [0.25, 0.3) is 0 Å². The Kier molecular flexibility index (Phi) is 10.4. The first-order valence-corrected chi connectivity index (χ1v) is 11.4. The van der Waals surface area contributed by atoms with Crippen molar-refractivity contribution >= 4 is 5.96 Å². The van der Waals surface area contributed by atoms with Crippen molar-refractivity contribution in [3.05, 3.63) is 24.2 Å². The zero-order valence-electron chi connectivity index (χ0n) is 17.7. The molecule has 0 atom stereocenters. The van der Waals surface area contributed by atoms with Gasteiger partial charge in [-0.3, -0.25) is 9.89 Å². The van der Waals surface area contributed by atoms with Gasteiger partial charge in [0, 0.05) is 52.3 Å². The zero-order valence-corrected chi connectivity index (χ0v) is 17.7. The topological polar surface area (TPSA) is 71.3 Å². The van der Waals surface area contributed by atoms with Crippen molar-refractivity contribution in [2.75, 3.05) is 59.1 Å². The predicted molar refractivity (Wildman–Crippen MR) is 115 cm³/mol. The molecule has 29 heavy (non-hydrogen) atoms. The quantitative estimate of drug-likeness (QED) is 0.334. The van der Waals surface area contributed by atoms with Crippen LogP contribution in [0.4, 0.5) is 0 Å². The summed E-state index contributed by atoms with van der Waals surface area (Å²) in [5.41, 5.74) is 0. The predicted octanol–water partition coefficient (Wildman–Crippen LogP) is 2.43. The fourth-order valence-electron chi connectivity index (χ4n) is 3.83. The first kappa shape index (κ1) is 22.1. The SMILES string of the molecule is c1coc(CCNC(=NCCCOC2CCCCC2)NCCN2CCOCC2)c1. The molecule has 3 rings (SSSR count). The molecule has 2 heterocycles. The number of nitrogens with one attached hydrogen (secondary N) is 2. The van der Waals surface area contributed by atoms with Gasteiger partial charge in [0.15, 0.2) is 5.96 Å². The highest BCUT2D eigenvalue weighted by Crippen LogP contribution is 2.20.